The number of carbonyl (C=O) groups excluding carboxylic acids is 1. The van der Waals surface area contributed by atoms with Gasteiger partial charge in [-0.05, 0) is 31.0 Å². The lowest BCUT2D eigenvalue weighted by Crippen LogP contribution is -2.38. The van der Waals surface area contributed by atoms with E-state index in [1.54, 1.807) is 11.9 Å². The first kappa shape index (κ1) is 12.1. The first-order valence-corrected chi connectivity index (χ1v) is 6.13. The van der Waals surface area contributed by atoms with Crippen LogP contribution >= 0.6 is 0 Å². The summed E-state index contributed by atoms with van der Waals surface area (Å²) in [5.41, 5.74) is 0.318. The Bertz CT molecular complexity index is 399. The molecule has 1 radical (unpaired) electrons. The van der Waals surface area contributed by atoms with Crippen molar-refractivity contribution in [3.05, 3.63) is 35.6 Å². The molecule has 1 saturated carbocycles. The summed E-state index contributed by atoms with van der Waals surface area (Å²) in [6.45, 7) is 0. The van der Waals surface area contributed by atoms with Gasteiger partial charge in [-0.3, -0.25) is 4.79 Å². The molecule has 0 bridgehead atoms. The van der Waals surface area contributed by atoms with Crippen molar-refractivity contribution >= 4 is 5.91 Å². The number of hydrogen-bond donors (Lipinski definition) is 0. The minimum absolute atomic E-state index is 0.128. The van der Waals surface area contributed by atoms with Gasteiger partial charge in [0, 0.05) is 13.1 Å². The minimum atomic E-state index is -0.385. The fraction of sp³-hybridized carbons (Fsp3) is 0.500. The van der Waals surface area contributed by atoms with Crippen LogP contribution in [0.15, 0.2) is 18.2 Å². The van der Waals surface area contributed by atoms with E-state index >= 15 is 0 Å². The molecule has 2 rings (SSSR count). The quantitative estimate of drug-likeness (QED) is 0.770. The molecular formula is C14H17FNO. The molecule has 0 spiro atoms. The average molecular weight is 234 g/mol. The van der Waals surface area contributed by atoms with Crippen LogP contribution in [0.1, 0.15) is 42.5 Å². The fourth-order valence-corrected chi connectivity index (χ4v) is 2.39. The molecule has 17 heavy (non-hydrogen) atoms. The standard InChI is InChI=1S/C14H17FNO/c1-16(13-8-3-2-4-9-13)14(17)11-6-5-7-12(15)10-11/h5,7,10,13H,2-4,8-9H2,1H3. The van der Waals surface area contributed by atoms with Crippen LogP contribution < -0.4 is 0 Å². The maximum absolute atomic E-state index is 13.0. The van der Waals surface area contributed by atoms with E-state index in [9.17, 15) is 9.18 Å². The molecule has 3 heteroatoms. The molecule has 2 nitrogen and oxygen atoms in total. The van der Waals surface area contributed by atoms with Gasteiger partial charge in [0.25, 0.3) is 5.91 Å². The highest BCUT2D eigenvalue weighted by Gasteiger charge is 2.23. The minimum Gasteiger partial charge on any atom is -0.339 e. The van der Waals surface area contributed by atoms with Gasteiger partial charge < -0.3 is 4.90 Å². The number of halogens is 1. The smallest absolute Gasteiger partial charge is 0.254 e. The third-order valence-electron chi connectivity index (χ3n) is 3.44. The maximum Gasteiger partial charge on any atom is 0.254 e. The van der Waals surface area contributed by atoms with Gasteiger partial charge in [0.05, 0.1) is 5.56 Å². The van der Waals surface area contributed by atoms with Gasteiger partial charge in [-0.1, -0.05) is 25.3 Å². The third kappa shape index (κ3) is 2.84. The van der Waals surface area contributed by atoms with Crippen molar-refractivity contribution in [3.8, 4) is 0 Å². The Morgan fingerprint density at radius 1 is 1.41 bits per heavy atom. The molecule has 0 aromatic heterocycles. The van der Waals surface area contributed by atoms with E-state index in [1.807, 2.05) is 0 Å². The average Bonchev–Trinajstić information content (AvgIpc) is 2.38. The molecule has 0 saturated heterocycles. The molecule has 0 N–H and O–H groups in total. The first-order valence-electron chi connectivity index (χ1n) is 6.13. The zero-order valence-corrected chi connectivity index (χ0v) is 10.1. The lowest BCUT2D eigenvalue weighted by molar-refractivity contribution is 0.0695. The van der Waals surface area contributed by atoms with Gasteiger partial charge in [0.1, 0.15) is 5.82 Å². The van der Waals surface area contributed by atoms with E-state index in [-0.39, 0.29) is 11.7 Å². The lowest BCUT2D eigenvalue weighted by Gasteiger charge is -2.31. The Morgan fingerprint density at radius 3 is 2.76 bits per heavy atom. The van der Waals surface area contributed by atoms with Crippen LogP contribution in [0.25, 0.3) is 0 Å². The van der Waals surface area contributed by atoms with Gasteiger partial charge in [-0.2, -0.15) is 0 Å². The maximum atomic E-state index is 13.0. The molecule has 0 unspecified atom stereocenters. The van der Waals surface area contributed by atoms with Crippen LogP contribution in [-0.4, -0.2) is 23.9 Å². The molecular weight excluding hydrogens is 217 g/mol. The summed E-state index contributed by atoms with van der Waals surface area (Å²) in [5, 5.41) is 0. The van der Waals surface area contributed by atoms with Crippen molar-refractivity contribution in [2.45, 2.75) is 38.1 Å². The normalized spacial score (nSPS) is 16.8. The van der Waals surface area contributed by atoms with E-state index in [0.717, 1.165) is 12.8 Å². The number of benzene rings is 1. The number of carbonyl (C=O) groups is 1. The molecule has 0 aliphatic heterocycles. The van der Waals surface area contributed by atoms with E-state index in [0.29, 0.717) is 11.6 Å². The number of nitrogens with zero attached hydrogens (tertiary/aromatic N) is 1. The molecule has 1 aromatic carbocycles. The molecule has 1 aromatic rings. The SMILES string of the molecule is CN(C(=O)c1[c]ccc(F)c1)C1CCCCC1. The van der Waals surface area contributed by atoms with Crippen LogP contribution in [0.3, 0.4) is 0 Å². The molecule has 0 heterocycles. The van der Waals surface area contributed by atoms with Crippen LogP contribution in [0.5, 0.6) is 0 Å². The van der Waals surface area contributed by atoms with Gasteiger partial charge in [-0.25, -0.2) is 4.39 Å². The van der Waals surface area contributed by atoms with Gasteiger partial charge in [0.2, 0.25) is 0 Å². The summed E-state index contributed by atoms with van der Waals surface area (Å²) in [4.78, 5) is 13.9. The summed E-state index contributed by atoms with van der Waals surface area (Å²) >= 11 is 0. The summed E-state index contributed by atoms with van der Waals surface area (Å²) in [5.74, 6) is -0.513. The Morgan fingerprint density at radius 2 is 2.12 bits per heavy atom. The lowest BCUT2D eigenvalue weighted by atomic mass is 9.94. The Kier molecular flexibility index (Phi) is 3.77. The fourth-order valence-electron chi connectivity index (χ4n) is 2.39. The van der Waals surface area contributed by atoms with Gasteiger partial charge in [-0.15, -0.1) is 0 Å². The first-order chi connectivity index (χ1) is 8.18. The van der Waals surface area contributed by atoms with E-state index < -0.39 is 0 Å². The van der Waals surface area contributed by atoms with E-state index in [1.165, 1.54) is 37.5 Å². The summed E-state index contributed by atoms with van der Waals surface area (Å²) in [7, 11) is 1.80. The predicted octanol–water partition coefficient (Wildman–Crippen LogP) is 3.03. The zero-order chi connectivity index (χ0) is 12.3. The van der Waals surface area contributed by atoms with Crippen LogP contribution in [0.2, 0.25) is 0 Å². The van der Waals surface area contributed by atoms with Crippen molar-refractivity contribution in [2.24, 2.45) is 0 Å². The topological polar surface area (TPSA) is 20.3 Å². The van der Waals surface area contributed by atoms with Crippen LogP contribution in [0.4, 0.5) is 4.39 Å². The zero-order valence-electron chi connectivity index (χ0n) is 10.1. The van der Waals surface area contributed by atoms with Crippen molar-refractivity contribution in [1.29, 1.82) is 0 Å². The van der Waals surface area contributed by atoms with Crippen molar-refractivity contribution in [2.75, 3.05) is 7.05 Å². The monoisotopic (exact) mass is 234 g/mol. The second-order valence-corrected chi connectivity index (χ2v) is 4.63. The van der Waals surface area contributed by atoms with E-state index in [2.05, 4.69) is 6.07 Å². The van der Waals surface area contributed by atoms with Crippen molar-refractivity contribution in [1.82, 2.24) is 4.90 Å². The molecule has 1 amide bonds. The predicted molar refractivity (Wildman–Crippen MR) is 64.2 cm³/mol. The highest BCUT2D eigenvalue weighted by atomic mass is 19.1. The second-order valence-electron chi connectivity index (χ2n) is 4.63. The van der Waals surface area contributed by atoms with Crippen LogP contribution in [0, 0.1) is 11.9 Å². The Labute approximate surface area is 101 Å². The van der Waals surface area contributed by atoms with Gasteiger partial charge >= 0.3 is 0 Å². The summed E-state index contributed by atoms with van der Waals surface area (Å²) in [6, 6.07) is 7.11. The Hall–Kier alpha value is -1.38. The largest absolute Gasteiger partial charge is 0.339 e. The number of hydrogen-bond acceptors (Lipinski definition) is 1. The molecule has 1 fully saturated rings. The van der Waals surface area contributed by atoms with Crippen molar-refractivity contribution in [3.63, 3.8) is 0 Å². The number of rotatable bonds is 2. The van der Waals surface area contributed by atoms with Crippen LogP contribution in [-0.2, 0) is 0 Å². The number of amides is 1. The highest BCUT2D eigenvalue weighted by molar-refractivity contribution is 5.94. The molecule has 0 atom stereocenters. The van der Waals surface area contributed by atoms with E-state index in [4.69, 9.17) is 0 Å². The third-order valence-corrected chi connectivity index (χ3v) is 3.44. The summed E-state index contributed by atoms with van der Waals surface area (Å²) < 4.78 is 13.0. The van der Waals surface area contributed by atoms with Gasteiger partial charge in [0.15, 0.2) is 0 Å². The second kappa shape index (κ2) is 5.30. The molecule has 1 aliphatic carbocycles. The highest BCUT2D eigenvalue weighted by Crippen LogP contribution is 2.22. The molecule has 1 aliphatic rings. The summed E-state index contributed by atoms with van der Waals surface area (Å²) in [6.07, 6.45) is 5.71. The van der Waals surface area contributed by atoms with Crippen molar-refractivity contribution < 1.29 is 9.18 Å². The Balaban J connectivity index is 2.08. The molecule has 91 valence electrons.